The van der Waals surface area contributed by atoms with E-state index in [4.69, 9.17) is 10.2 Å². The molecule has 0 aromatic heterocycles. The molecule has 0 rings (SSSR count). The van der Waals surface area contributed by atoms with E-state index in [9.17, 15) is 9.59 Å². The largest absolute Gasteiger partial charge is 0.481 e. The van der Waals surface area contributed by atoms with Crippen LogP contribution in [-0.2, 0) is 9.59 Å². The number of rotatable bonds is 6. The van der Waals surface area contributed by atoms with Crippen LogP contribution < -0.4 is 0 Å². The summed E-state index contributed by atoms with van der Waals surface area (Å²) in [6.07, 6.45) is 1.22. The Morgan fingerprint density at radius 2 is 1.79 bits per heavy atom. The van der Waals surface area contributed by atoms with E-state index >= 15 is 0 Å². The lowest BCUT2D eigenvalue weighted by Gasteiger charge is -2.23. The number of hydrogen-bond acceptors (Lipinski definition) is 2. The summed E-state index contributed by atoms with van der Waals surface area (Å²) in [6.45, 7) is 5.32. The topological polar surface area (TPSA) is 74.6 Å². The molecule has 0 aliphatic heterocycles. The van der Waals surface area contributed by atoms with Crippen molar-refractivity contribution < 1.29 is 19.8 Å². The van der Waals surface area contributed by atoms with Crippen LogP contribution in [0.15, 0.2) is 0 Å². The molecule has 0 saturated heterocycles. The van der Waals surface area contributed by atoms with Crippen LogP contribution in [-0.4, -0.2) is 22.2 Å². The van der Waals surface area contributed by atoms with Crippen molar-refractivity contribution in [1.29, 1.82) is 0 Å². The van der Waals surface area contributed by atoms with Gasteiger partial charge in [0.2, 0.25) is 0 Å². The average Bonchev–Trinajstić information content (AvgIpc) is 1.97. The fourth-order valence-electron chi connectivity index (χ4n) is 1.23. The normalized spacial score (nSPS) is 13.6. The zero-order valence-corrected chi connectivity index (χ0v) is 8.91. The van der Waals surface area contributed by atoms with E-state index in [2.05, 4.69) is 0 Å². The van der Waals surface area contributed by atoms with Gasteiger partial charge in [-0.25, -0.2) is 0 Å². The number of carboxylic acid groups (broad SMARTS) is 2. The molecule has 0 saturated carbocycles. The summed E-state index contributed by atoms with van der Waals surface area (Å²) in [6, 6.07) is 0. The van der Waals surface area contributed by atoms with Crippen LogP contribution in [0.5, 0.6) is 0 Å². The molecule has 2 N–H and O–H groups in total. The first kappa shape index (κ1) is 12.9. The molecule has 0 aliphatic carbocycles. The van der Waals surface area contributed by atoms with E-state index in [1.54, 1.807) is 6.92 Å². The number of carbonyl (C=O) groups is 2. The second-order valence-corrected chi connectivity index (χ2v) is 4.51. The highest BCUT2D eigenvalue weighted by molar-refractivity contribution is 5.69. The average molecular weight is 202 g/mol. The van der Waals surface area contributed by atoms with Crippen molar-refractivity contribution in [2.75, 3.05) is 0 Å². The minimum Gasteiger partial charge on any atom is -0.481 e. The van der Waals surface area contributed by atoms with Gasteiger partial charge in [-0.3, -0.25) is 9.59 Å². The van der Waals surface area contributed by atoms with Gasteiger partial charge in [0, 0.05) is 0 Å². The molecule has 0 heterocycles. The quantitative estimate of drug-likeness (QED) is 0.690. The van der Waals surface area contributed by atoms with Gasteiger partial charge < -0.3 is 10.2 Å². The van der Waals surface area contributed by atoms with Crippen molar-refractivity contribution in [2.45, 2.75) is 40.0 Å². The van der Waals surface area contributed by atoms with Crippen LogP contribution >= 0.6 is 0 Å². The molecular weight excluding hydrogens is 184 g/mol. The lowest BCUT2D eigenvalue weighted by molar-refractivity contribution is -0.141. The molecule has 0 fully saturated rings. The molecule has 4 nitrogen and oxygen atoms in total. The summed E-state index contributed by atoms with van der Waals surface area (Å²) < 4.78 is 0. The molecule has 0 spiro atoms. The molecule has 0 aliphatic rings. The van der Waals surface area contributed by atoms with Gasteiger partial charge in [0.15, 0.2) is 0 Å². The Morgan fingerprint density at radius 3 is 2.14 bits per heavy atom. The molecule has 14 heavy (non-hydrogen) atoms. The maximum Gasteiger partial charge on any atom is 0.306 e. The smallest absolute Gasteiger partial charge is 0.306 e. The Balaban J connectivity index is 3.98. The SMILES string of the molecule is CC(CCC(C)(C)CC(=O)O)C(=O)O. The zero-order chi connectivity index (χ0) is 11.4. The first-order chi connectivity index (χ1) is 6.24. The third-order valence-corrected chi connectivity index (χ3v) is 2.31. The highest BCUT2D eigenvalue weighted by Gasteiger charge is 2.23. The van der Waals surface area contributed by atoms with Gasteiger partial charge in [0.1, 0.15) is 0 Å². The molecule has 1 unspecified atom stereocenters. The van der Waals surface area contributed by atoms with Gasteiger partial charge in [-0.2, -0.15) is 0 Å². The van der Waals surface area contributed by atoms with E-state index in [0.29, 0.717) is 12.8 Å². The first-order valence-electron chi connectivity index (χ1n) is 4.69. The van der Waals surface area contributed by atoms with Crippen LogP contribution in [0.1, 0.15) is 40.0 Å². The molecule has 0 aromatic carbocycles. The molecule has 0 bridgehead atoms. The molecule has 0 radical (unpaired) electrons. The van der Waals surface area contributed by atoms with Gasteiger partial charge in [-0.05, 0) is 18.3 Å². The molecular formula is C10H18O4. The van der Waals surface area contributed by atoms with Gasteiger partial charge in [-0.1, -0.05) is 20.8 Å². The van der Waals surface area contributed by atoms with Crippen LogP contribution in [0.25, 0.3) is 0 Å². The molecule has 82 valence electrons. The first-order valence-corrected chi connectivity index (χ1v) is 4.69. The summed E-state index contributed by atoms with van der Waals surface area (Å²) in [7, 11) is 0. The minimum absolute atomic E-state index is 0.0827. The third-order valence-electron chi connectivity index (χ3n) is 2.31. The summed E-state index contributed by atoms with van der Waals surface area (Å²) in [4.78, 5) is 21.0. The monoisotopic (exact) mass is 202 g/mol. The minimum atomic E-state index is -0.835. The summed E-state index contributed by atoms with van der Waals surface area (Å²) >= 11 is 0. The zero-order valence-electron chi connectivity index (χ0n) is 8.91. The third kappa shape index (κ3) is 5.56. The standard InChI is InChI=1S/C10H18O4/c1-7(9(13)14)4-5-10(2,3)6-8(11)12/h7H,4-6H2,1-3H3,(H,11,12)(H,13,14). The predicted octanol–water partition coefficient (Wildman–Crippen LogP) is 1.99. The molecule has 0 aromatic rings. The summed E-state index contributed by atoms with van der Waals surface area (Å²) in [5, 5.41) is 17.3. The van der Waals surface area contributed by atoms with Crippen molar-refractivity contribution >= 4 is 11.9 Å². The Labute approximate surface area is 83.9 Å². The second-order valence-electron chi connectivity index (χ2n) is 4.51. The Kier molecular flexibility index (Phi) is 4.60. The van der Waals surface area contributed by atoms with Gasteiger partial charge in [0.05, 0.1) is 12.3 Å². The Morgan fingerprint density at radius 1 is 1.29 bits per heavy atom. The van der Waals surface area contributed by atoms with E-state index in [1.807, 2.05) is 13.8 Å². The highest BCUT2D eigenvalue weighted by atomic mass is 16.4. The maximum atomic E-state index is 10.5. The number of aliphatic carboxylic acids is 2. The van der Waals surface area contributed by atoms with Crippen molar-refractivity contribution in [3.05, 3.63) is 0 Å². The highest BCUT2D eigenvalue weighted by Crippen LogP contribution is 2.28. The van der Waals surface area contributed by atoms with Crippen molar-refractivity contribution in [3.8, 4) is 0 Å². The number of carboxylic acids is 2. The van der Waals surface area contributed by atoms with Gasteiger partial charge in [-0.15, -0.1) is 0 Å². The summed E-state index contributed by atoms with van der Waals surface area (Å²) in [5.41, 5.74) is -0.324. The summed E-state index contributed by atoms with van der Waals surface area (Å²) in [5.74, 6) is -2.06. The second kappa shape index (κ2) is 4.98. The van der Waals surface area contributed by atoms with Crippen molar-refractivity contribution in [2.24, 2.45) is 11.3 Å². The van der Waals surface area contributed by atoms with Crippen LogP contribution in [0.3, 0.4) is 0 Å². The van der Waals surface area contributed by atoms with E-state index in [-0.39, 0.29) is 11.8 Å². The maximum absolute atomic E-state index is 10.5. The van der Waals surface area contributed by atoms with Gasteiger partial charge in [0.25, 0.3) is 0 Å². The number of hydrogen-bond donors (Lipinski definition) is 2. The fraction of sp³-hybridized carbons (Fsp3) is 0.800. The van der Waals surface area contributed by atoms with E-state index < -0.39 is 17.9 Å². The fourth-order valence-corrected chi connectivity index (χ4v) is 1.23. The lowest BCUT2D eigenvalue weighted by Crippen LogP contribution is -2.19. The van der Waals surface area contributed by atoms with Crippen molar-refractivity contribution in [1.82, 2.24) is 0 Å². The lowest BCUT2D eigenvalue weighted by atomic mass is 9.82. The van der Waals surface area contributed by atoms with Crippen molar-refractivity contribution in [3.63, 3.8) is 0 Å². The molecule has 0 amide bonds. The molecule has 1 atom stereocenters. The van der Waals surface area contributed by atoms with E-state index in [1.165, 1.54) is 0 Å². The Bertz CT molecular complexity index is 220. The van der Waals surface area contributed by atoms with Crippen LogP contribution in [0, 0.1) is 11.3 Å². The predicted molar refractivity (Wildman–Crippen MR) is 52.1 cm³/mol. The Hall–Kier alpha value is -1.06. The van der Waals surface area contributed by atoms with E-state index in [0.717, 1.165) is 0 Å². The molecule has 4 heteroatoms. The van der Waals surface area contributed by atoms with Gasteiger partial charge >= 0.3 is 11.9 Å². The van der Waals surface area contributed by atoms with Crippen LogP contribution in [0.2, 0.25) is 0 Å². The van der Waals surface area contributed by atoms with Crippen LogP contribution in [0.4, 0.5) is 0 Å².